The van der Waals surface area contributed by atoms with Gasteiger partial charge in [0.1, 0.15) is 12.6 Å². The van der Waals surface area contributed by atoms with Crippen molar-refractivity contribution in [1.82, 2.24) is 10.2 Å². The average Bonchev–Trinajstić information content (AvgIpc) is 2.73. The van der Waals surface area contributed by atoms with Crippen molar-refractivity contribution in [3.63, 3.8) is 0 Å². The molecule has 0 unspecified atom stereocenters. The van der Waals surface area contributed by atoms with E-state index in [-0.39, 0.29) is 12.5 Å². The molecule has 1 N–H and O–H groups in total. The summed E-state index contributed by atoms with van der Waals surface area (Å²) < 4.78 is 26.3. The minimum absolute atomic E-state index is 0.186. The van der Waals surface area contributed by atoms with Crippen LogP contribution in [0.1, 0.15) is 51.3 Å². The van der Waals surface area contributed by atoms with Gasteiger partial charge in [-0.25, -0.2) is 8.42 Å². The van der Waals surface area contributed by atoms with E-state index in [1.807, 2.05) is 71.0 Å². The molecule has 0 fully saturated rings. The number of nitrogens with zero attached hydrogens (tertiary/aromatic N) is 2. The quantitative estimate of drug-likeness (QED) is 0.585. The maximum atomic E-state index is 13.5. The van der Waals surface area contributed by atoms with Gasteiger partial charge in [0.25, 0.3) is 0 Å². The number of hydrogen-bond donors (Lipinski definition) is 1. The smallest absolute Gasteiger partial charge is 0.244 e. The molecule has 0 bridgehead atoms. The summed E-state index contributed by atoms with van der Waals surface area (Å²) in [5, 5.41) is 2.91. The van der Waals surface area contributed by atoms with Gasteiger partial charge >= 0.3 is 0 Å². The summed E-state index contributed by atoms with van der Waals surface area (Å²) in [5.74, 6) is -0.755. The van der Waals surface area contributed by atoms with E-state index in [0.29, 0.717) is 5.69 Å². The fourth-order valence-electron chi connectivity index (χ4n) is 3.58. The van der Waals surface area contributed by atoms with Crippen molar-refractivity contribution in [2.45, 2.75) is 66.1 Å². The number of hydrogen-bond acceptors (Lipinski definition) is 4. The van der Waals surface area contributed by atoms with Gasteiger partial charge in [-0.05, 0) is 64.3 Å². The highest BCUT2D eigenvalue weighted by atomic mass is 32.2. The van der Waals surface area contributed by atoms with Gasteiger partial charge < -0.3 is 10.2 Å². The van der Waals surface area contributed by atoms with E-state index in [4.69, 9.17) is 0 Å². The molecule has 0 aromatic heterocycles. The molecule has 0 spiro atoms. The first-order valence-corrected chi connectivity index (χ1v) is 13.3. The Labute approximate surface area is 204 Å². The van der Waals surface area contributed by atoms with Crippen LogP contribution in [0.5, 0.6) is 0 Å². The Bertz CT molecular complexity index is 1110. The van der Waals surface area contributed by atoms with Gasteiger partial charge in [-0.1, -0.05) is 48.9 Å². The SMILES string of the molecule is CCc1ccc(N(CC(=O)N(Cc2cccc(C)c2)[C@H](C)C(=O)NC(C)(C)C)S(C)(=O)=O)cc1. The highest BCUT2D eigenvalue weighted by Gasteiger charge is 2.31. The monoisotopic (exact) mass is 487 g/mol. The molecule has 1 atom stereocenters. The molecule has 0 saturated carbocycles. The predicted molar refractivity (Wildman–Crippen MR) is 137 cm³/mol. The minimum Gasteiger partial charge on any atom is -0.350 e. The van der Waals surface area contributed by atoms with Crippen LogP contribution in [0.4, 0.5) is 5.69 Å². The summed E-state index contributed by atoms with van der Waals surface area (Å²) in [5.41, 5.74) is 2.91. The molecule has 186 valence electrons. The predicted octanol–water partition coefficient (Wildman–Crippen LogP) is 3.66. The van der Waals surface area contributed by atoms with Crippen LogP contribution >= 0.6 is 0 Å². The maximum absolute atomic E-state index is 13.5. The number of anilines is 1. The Morgan fingerprint density at radius 3 is 2.15 bits per heavy atom. The van der Waals surface area contributed by atoms with Crippen molar-refractivity contribution in [3.8, 4) is 0 Å². The van der Waals surface area contributed by atoms with Crippen LogP contribution in [0, 0.1) is 6.92 Å². The lowest BCUT2D eigenvalue weighted by molar-refractivity contribution is -0.140. The van der Waals surface area contributed by atoms with Crippen LogP contribution in [0.25, 0.3) is 0 Å². The van der Waals surface area contributed by atoms with E-state index in [1.165, 1.54) is 4.90 Å². The second-order valence-corrected chi connectivity index (χ2v) is 11.6. The number of rotatable bonds is 9. The van der Waals surface area contributed by atoms with Crippen molar-refractivity contribution >= 4 is 27.5 Å². The van der Waals surface area contributed by atoms with Crippen LogP contribution in [0.3, 0.4) is 0 Å². The molecule has 0 radical (unpaired) electrons. The molecule has 0 aliphatic heterocycles. The van der Waals surface area contributed by atoms with Crippen molar-refractivity contribution in [2.75, 3.05) is 17.1 Å². The number of aryl methyl sites for hydroxylation is 2. The number of sulfonamides is 1. The van der Waals surface area contributed by atoms with Crippen LogP contribution in [0.15, 0.2) is 48.5 Å². The van der Waals surface area contributed by atoms with Gasteiger partial charge in [-0.2, -0.15) is 0 Å². The minimum atomic E-state index is -3.74. The summed E-state index contributed by atoms with van der Waals surface area (Å²) in [6, 6.07) is 14.0. The molecule has 0 saturated heterocycles. The van der Waals surface area contributed by atoms with Gasteiger partial charge in [0.15, 0.2) is 0 Å². The fourth-order valence-corrected chi connectivity index (χ4v) is 4.43. The van der Waals surface area contributed by atoms with Gasteiger partial charge in [0, 0.05) is 12.1 Å². The molecule has 2 rings (SSSR count). The lowest BCUT2D eigenvalue weighted by atomic mass is 10.1. The fraction of sp³-hybridized carbons (Fsp3) is 0.462. The third-order valence-electron chi connectivity index (χ3n) is 5.41. The Morgan fingerprint density at radius 1 is 1.03 bits per heavy atom. The van der Waals surface area contributed by atoms with E-state index in [1.54, 1.807) is 19.1 Å². The largest absolute Gasteiger partial charge is 0.350 e. The van der Waals surface area contributed by atoms with E-state index < -0.39 is 34.1 Å². The average molecular weight is 488 g/mol. The van der Waals surface area contributed by atoms with Crippen LogP contribution in [-0.4, -0.2) is 49.5 Å². The summed E-state index contributed by atoms with van der Waals surface area (Å²) in [4.78, 5) is 27.9. The molecular formula is C26H37N3O4S. The zero-order valence-corrected chi connectivity index (χ0v) is 22.1. The van der Waals surface area contributed by atoms with E-state index >= 15 is 0 Å². The van der Waals surface area contributed by atoms with Gasteiger partial charge in [-0.15, -0.1) is 0 Å². The molecule has 0 heterocycles. The highest BCUT2D eigenvalue weighted by Crippen LogP contribution is 2.20. The number of amides is 2. The molecule has 0 aliphatic carbocycles. The van der Waals surface area contributed by atoms with Crippen LogP contribution in [-0.2, 0) is 32.6 Å². The van der Waals surface area contributed by atoms with Crippen molar-refractivity contribution in [2.24, 2.45) is 0 Å². The topological polar surface area (TPSA) is 86.8 Å². The van der Waals surface area contributed by atoms with Crippen molar-refractivity contribution in [1.29, 1.82) is 0 Å². The zero-order chi connectivity index (χ0) is 25.7. The van der Waals surface area contributed by atoms with Crippen molar-refractivity contribution < 1.29 is 18.0 Å². The van der Waals surface area contributed by atoms with Gasteiger partial charge in [0.05, 0.1) is 11.9 Å². The molecule has 2 aromatic carbocycles. The van der Waals surface area contributed by atoms with Crippen LogP contribution < -0.4 is 9.62 Å². The molecule has 2 aromatic rings. The second-order valence-electron chi connectivity index (χ2n) is 9.72. The summed E-state index contributed by atoms with van der Waals surface area (Å²) in [6.45, 7) is 11.0. The molecular weight excluding hydrogens is 450 g/mol. The lowest BCUT2D eigenvalue weighted by Crippen LogP contribution is -2.54. The highest BCUT2D eigenvalue weighted by molar-refractivity contribution is 7.92. The number of carbonyl (C=O) groups excluding carboxylic acids is 2. The third-order valence-corrected chi connectivity index (χ3v) is 6.55. The molecule has 2 amide bonds. The molecule has 8 heteroatoms. The first-order chi connectivity index (χ1) is 15.7. The maximum Gasteiger partial charge on any atom is 0.244 e. The number of carbonyl (C=O) groups is 2. The first-order valence-electron chi connectivity index (χ1n) is 11.4. The normalized spacial score (nSPS) is 12.7. The first kappa shape index (κ1) is 27.4. The standard InChI is InChI=1S/C26H37N3O4S/c1-8-21-12-14-23(15-13-21)29(34(7,32)33)18-24(30)28(17-22-11-9-10-19(2)16-22)20(3)25(31)27-26(4,5)6/h9-16,20H,8,17-18H2,1-7H3,(H,27,31)/t20-/m1/s1. The summed E-state index contributed by atoms with van der Waals surface area (Å²) in [7, 11) is -3.74. The van der Waals surface area contributed by atoms with Crippen molar-refractivity contribution in [3.05, 3.63) is 65.2 Å². The molecule has 0 aliphatic rings. The summed E-state index contributed by atoms with van der Waals surface area (Å²) in [6.07, 6.45) is 1.90. The Morgan fingerprint density at radius 2 is 1.65 bits per heavy atom. The summed E-state index contributed by atoms with van der Waals surface area (Å²) >= 11 is 0. The number of nitrogens with one attached hydrogen (secondary N) is 1. The van der Waals surface area contributed by atoms with Gasteiger partial charge in [0.2, 0.25) is 21.8 Å². The van der Waals surface area contributed by atoms with E-state index in [2.05, 4.69) is 5.32 Å². The van der Waals surface area contributed by atoms with Gasteiger partial charge in [-0.3, -0.25) is 13.9 Å². The Hall–Kier alpha value is -2.87. The lowest BCUT2D eigenvalue weighted by Gasteiger charge is -2.33. The molecule has 7 nitrogen and oxygen atoms in total. The van der Waals surface area contributed by atoms with E-state index in [9.17, 15) is 18.0 Å². The second kappa shape index (κ2) is 11.0. The Kier molecular flexibility index (Phi) is 8.89. The van der Waals surface area contributed by atoms with E-state index in [0.717, 1.165) is 33.7 Å². The molecule has 34 heavy (non-hydrogen) atoms. The zero-order valence-electron chi connectivity index (χ0n) is 21.3. The Balaban J connectivity index is 2.39. The third kappa shape index (κ3) is 7.87. The van der Waals surface area contributed by atoms with Crippen LogP contribution in [0.2, 0.25) is 0 Å². The number of benzene rings is 2.